The molecule has 4 rings (SSSR count). The van der Waals surface area contributed by atoms with Crippen molar-refractivity contribution >= 4 is 43.3 Å². The van der Waals surface area contributed by atoms with Crippen LogP contribution in [0.1, 0.15) is 0 Å². The highest BCUT2D eigenvalue weighted by Gasteiger charge is 2.22. The van der Waals surface area contributed by atoms with E-state index in [1.165, 1.54) is 17.6 Å². The van der Waals surface area contributed by atoms with E-state index in [-0.39, 0.29) is 0 Å². The lowest BCUT2D eigenvalue weighted by molar-refractivity contribution is 0.600. The Morgan fingerprint density at radius 1 is 1.12 bits per heavy atom. The Bertz CT molecular complexity index is 1230. The minimum absolute atomic E-state index is 0.523. The third kappa shape index (κ3) is 2.57. The van der Waals surface area contributed by atoms with Gasteiger partial charge in [0.05, 0.1) is 18.1 Å². The summed E-state index contributed by atoms with van der Waals surface area (Å²) in [5, 5.41) is 1.77. The summed E-state index contributed by atoms with van der Waals surface area (Å²) in [4.78, 5) is 7.75. The molecule has 26 heavy (non-hydrogen) atoms. The van der Waals surface area contributed by atoms with Gasteiger partial charge in [-0.3, -0.25) is 4.31 Å². The lowest BCUT2D eigenvalue weighted by Gasteiger charge is -2.20. The van der Waals surface area contributed by atoms with Crippen molar-refractivity contribution in [2.45, 2.75) is 0 Å². The number of pyridine rings is 1. The number of fused-ring (bicyclic) bond motifs is 3. The minimum atomic E-state index is -3.44. The van der Waals surface area contributed by atoms with Gasteiger partial charge in [0.1, 0.15) is 5.65 Å². The van der Waals surface area contributed by atoms with Crippen LogP contribution in [0.25, 0.3) is 33.1 Å². The number of rotatable bonds is 3. The van der Waals surface area contributed by atoms with Gasteiger partial charge in [-0.25, -0.2) is 13.4 Å². The first-order chi connectivity index (χ1) is 12.4. The van der Waals surface area contributed by atoms with E-state index < -0.39 is 10.0 Å². The second-order valence-electron chi connectivity index (χ2n) is 6.27. The lowest BCUT2D eigenvalue weighted by atomic mass is 9.99. The summed E-state index contributed by atoms with van der Waals surface area (Å²) in [6, 6.07) is 15.3. The number of benzene rings is 2. The summed E-state index contributed by atoms with van der Waals surface area (Å²) < 4.78 is 25.6. The summed E-state index contributed by atoms with van der Waals surface area (Å²) in [6.07, 6.45) is 2.77. The molecule has 0 aliphatic rings. The number of aromatic amines is 1. The molecular formula is C19H18N4O2S. The van der Waals surface area contributed by atoms with Gasteiger partial charge in [0.15, 0.2) is 0 Å². The van der Waals surface area contributed by atoms with Crippen molar-refractivity contribution < 1.29 is 8.42 Å². The maximum atomic E-state index is 12.2. The maximum absolute atomic E-state index is 12.2. The fourth-order valence-electron chi connectivity index (χ4n) is 3.18. The minimum Gasteiger partial charge on any atom is -0.399 e. The number of nitrogens with zero attached hydrogens (tertiary/aromatic N) is 2. The van der Waals surface area contributed by atoms with Gasteiger partial charge in [-0.15, -0.1) is 0 Å². The molecule has 0 radical (unpaired) electrons. The highest BCUT2D eigenvalue weighted by atomic mass is 32.2. The summed E-state index contributed by atoms with van der Waals surface area (Å²) >= 11 is 0. The van der Waals surface area contributed by atoms with E-state index in [9.17, 15) is 8.42 Å². The van der Waals surface area contributed by atoms with E-state index in [1.807, 2.05) is 48.5 Å². The van der Waals surface area contributed by atoms with Crippen LogP contribution in [0.15, 0.2) is 54.7 Å². The smallest absolute Gasteiger partial charge is 0.232 e. The van der Waals surface area contributed by atoms with Crippen molar-refractivity contribution in [2.75, 3.05) is 23.3 Å². The number of nitrogens with one attached hydrogen (secondary N) is 1. The summed E-state index contributed by atoms with van der Waals surface area (Å²) in [5.74, 6) is 0. The van der Waals surface area contributed by atoms with Gasteiger partial charge in [0.2, 0.25) is 10.0 Å². The number of nitrogen functional groups attached to an aromatic ring is 1. The molecule has 2 aromatic heterocycles. The van der Waals surface area contributed by atoms with Gasteiger partial charge in [0, 0.05) is 34.6 Å². The second kappa shape index (κ2) is 5.74. The molecule has 0 atom stereocenters. The van der Waals surface area contributed by atoms with Crippen LogP contribution in [0, 0.1) is 0 Å². The molecule has 0 fully saturated rings. The normalized spacial score (nSPS) is 11.9. The molecule has 0 aliphatic heterocycles. The quantitative estimate of drug-likeness (QED) is 0.544. The molecule has 0 amide bonds. The van der Waals surface area contributed by atoms with Crippen LogP contribution < -0.4 is 10.0 Å². The lowest BCUT2D eigenvalue weighted by Crippen LogP contribution is -2.25. The van der Waals surface area contributed by atoms with E-state index in [0.717, 1.165) is 27.4 Å². The van der Waals surface area contributed by atoms with Crippen LogP contribution in [0.4, 0.5) is 11.4 Å². The van der Waals surface area contributed by atoms with Crippen LogP contribution in [0.3, 0.4) is 0 Å². The van der Waals surface area contributed by atoms with E-state index in [2.05, 4.69) is 9.97 Å². The van der Waals surface area contributed by atoms with Crippen LogP contribution in [0.5, 0.6) is 0 Å². The fourth-order valence-corrected chi connectivity index (χ4v) is 3.67. The molecule has 0 saturated heterocycles. The molecule has 0 spiro atoms. The first-order valence-corrected chi connectivity index (χ1v) is 9.90. The topological polar surface area (TPSA) is 92.1 Å². The van der Waals surface area contributed by atoms with Gasteiger partial charge >= 0.3 is 0 Å². The van der Waals surface area contributed by atoms with Gasteiger partial charge in [-0.2, -0.15) is 0 Å². The maximum Gasteiger partial charge on any atom is 0.232 e. The number of anilines is 2. The number of aromatic nitrogens is 2. The van der Waals surface area contributed by atoms with Gasteiger partial charge in [-0.05, 0) is 23.8 Å². The van der Waals surface area contributed by atoms with Crippen molar-refractivity contribution in [3.63, 3.8) is 0 Å². The predicted molar refractivity (Wildman–Crippen MR) is 107 cm³/mol. The molecule has 132 valence electrons. The molecule has 6 nitrogen and oxygen atoms in total. The first kappa shape index (κ1) is 16.4. The Kier molecular flexibility index (Phi) is 3.62. The second-order valence-corrected chi connectivity index (χ2v) is 8.28. The van der Waals surface area contributed by atoms with E-state index in [4.69, 9.17) is 5.73 Å². The van der Waals surface area contributed by atoms with Gasteiger partial charge < -0.3 is 10.7 Å². The fraction of sp³-hybridized carbons (Fsp3) is 0.105. The van der Waals surface area contributed by atoms with E-state index in [0.29, 0.717) is 17.0 Å². The summed E-state index contributed by atoms with van der Waals surface area (Å²) in [7, 11) is -1.91. The molecular weight excluding hydrogens is 348 g/mol. The van der Waals surface area contributed by atoms with Crippen LogP contribution in [-0.2, 0) is 10.0 Å². The molecule has 4 aromatic rings. The Hall–Kier alpha value is -3.06. The average Bonchev–Trinajstić information content (AvgIpc) is 2.98. The Labute approximate surface area is 151 Å². The highest BCUT2D eigenvalue weighted by Crippen LogP contribution is 2.40. The molecule has 0 unspecified atom stereocenters. The zero-order valence-electron chi connectivity index (χ0n) is 14.4. The van der Waals surface area contributed by atoms with E-state index in [1.54, 1.807) is 6.20 Å². The Morgan fingerprint density at radius 2 is 1.85 bits per heavy atom. The molecule has 7 heteroatoms. The summed E-state index contributed by atoms with van der Waals surface area (Å²) in [6.45, 7) is 0. The number of H-pyrrole nitrogens is 1. The first-order valence-electron chi connectivity index (χ1n) is 8.05. The van der Waals surface area contributed by atoms with Crippen molar-refractivity contribution in [3.05, 3.63) is 54.7 Å². The zero-order valence-corrected chi connectivity index (χ0v) is 15.2. The zero-order chi connectivity index (χ0) is 18.5. The van der Waals surface area contributed by atoms with Crippen LogP contribution in [0.2, 0.25) is 0 Å². The number of hydrogen-bond acceptors (Lipinski definition) is 4. The van der Waals surface area contributed by atoms with Crippen molar-refractivity contribution in [1.29, 1.82) is 0 Å². The molecule has 0 saturated carbocycles. The predicted octanol–water partition coefficient (Wildman–Crippen LogP) is 3.36. The van der Waals surface area contributed by atoms with Gasteiger partial charge in [-0.1, -0.05) is 30.3 Å². The summed E-state index contributed by atoms with van der Waals surface area (Å²) in [5.41, 5.74) is 10.5. The third-order valence-electron chi connectivity index (χ3n) is 4.52. The van der Waals surface area contributed by atoms with Crippen LogP contribution >= 0.6 is 0 Å². The number of nitrogens with two attached hydrogens (primary N) is 1. The van der Waals surface area contributed by atoms with Crippen LogP contribution in [-0.4, -0.2) is 31.7 Å². The SMILES string of the molecule is CN(c1cnc2[nH]c3ccc(N)cc3c2c1-c1ccccc1)S(C)(=O)=O. The highest BCUT2D eigenvalue weighted by molar-refractivity contribution is 7.92. The number of hydrogen-bond donors (Lipinski definition) is 2. The van der Waals surface area contributed by atoms with Crippen molar-refractivity contribution in [1.82, 2.24) is 9.97 Å². The molecule has 2 heterocycles. The molecule has 2 aromatic carbocycles. The molecule has 3 N–H and O–H groups in total. The van der Waals surface area contributed by atoms with Crippen molar-refractivity contribution in [2.24, 2.45) is 0 Å². The number of sulfonamides is 1. The third-order valence-corrected chi connectivity index (χ3v) is 5.72. The largest absolute Gasteiger partial charge is 0.399 e. The average molecular weight is 366 g/mol. The standard InChI is InChI=1S/C19H18N4O2S/c1-23(26(2,24)25)16-11-21-19-18(17(16)12-6-4-3-5-7-12)14-10-13(20)8-9-15(14)22-19/h3-11H,20H2,1-2H3,(H,21,22). The Balaban J connectivity index is 2.19. The molecule has 0 aliphatic carbocycles. The van der Waals surface area contributed by atoms with E-state index >= 15 is 0 Å². The van der Waals surface area contributed by atoms with Crippen molar-refractivity contribution in [3.8, 4) is 11.1 Å². The van der Waals surface area contributed by atoms with Gasteiger partial charge in [0.25, 0.3) is 0 Å². The monoisotopic (exact) mass is 366 g/mol. The molecule has 0 bridgehead atoms. The Morgan fingerprint density at radius 3 is 2.54 bits per heavy atom.